The maximum absolute atomic E-state index is 5.80. The summed E-state index contributed by atoms with van der Waals surface area (Å²) in [4.78, 5) is 4.17. The van der Waals surface area contributed by atoms with Crippen molar-refractivity contribution >= 4 is 5.69 Å². The molecule has 0 saturated carbocycles. The van der Waals surface area contributed by atoms with E-state index < -0.39 is 0 Å². The van der Waals surface area contributed by atoms with E-state index in [1.165, 1.54) is 11.3 Å². The van der Waals surface area contributed by atoms with Crippen LogP contribution in [0.5, 0.6) is 0 Å². The molecule has 0 saturated heterocycles. The van der Waals surface area contributed by atoms with Crippen molar-refractivity contribution in [3.05, 3.63) is 78.2 Å². The molecule has 0 spiro atoms. The van der Waals surface area contributed by atoms with Gasteiger partial charge in [-0.1, -0.05) is 24.3 Å². The minimum Gasteiger partial charge on any atom is -0.473 e. The van der Waals surface area contributed by atoms with Gasteiger partial charge in [0.05, 0.1) is 17.6 Å². The van der Waals surface area contributed by atoms with Gasteiger partial charge in [-0.15, -0.1) is 0 Å². The number of benzene rings is 1. The minimum absolute atomic E-state index is 0.634. The molecule has 0 fully saturated rings. The largest absolute Gasteiger partial charge is 0.473 e. The summed E-state index contributed by atoms with van der Waals surface area (Å²) in [5, 5.41) is 0. The van der Waals surface area contributed by atoms with Crippen LogP contribution >= 0.6 is 0 Å². The Morgan fingerprint density at radius 1 is 1.06 bits per heavy atom. The summed E-state index contributed by atoms with van der Waals surface area (Å²) < 4.78 is 5.80. The van der Waals surface area contributed by atoms with Gasteiger partial charge in [-0.3, -0.25) is 4.90 Å². The van der Waals surface area contributed by atoms with E-state index in [9.17, 15) is 0 Å². The van der Waals surface area contributed by atoms with Crippen LogP contribution in [0.2, 0.25) is 0 Å². The molecule has 3 heterocycles. The first-order valence-corrected chi connectivity index (χ1v) is 5.99. The van der Waals surface area contributed by atoms with E-state index >= 15 is 0 Å². The van der Waals surface area contributed by atoms with E-state index in [1.54, 1.807) is 0 Å². The minimum atomic E-state index is 0.634. The molecule has 18 heavy (non-hydrogen) atoms. The van der Waals surface area contributed by atoms with Crippen molar-refractivity contribution in [1.29, 1.82) is 0 Å². The quantitative estimate of drug-likeness (QED) is 0.688. The van der Waals surface area contributed by atoms with E-state index in [0.29, 0.717) is 6.61 Å². The molecule has 0 unspecified atom stereocenters. The molecule has 0 atom stereocenters. The van der Waals surface area contributed by atoms with Crippen molar-refractivity contribution in [2.45, 2.75) is 6.61 Å². The second-order valence-electron chi connectivity index (χ2n) is 4.42. The Kier molecular flexibility index (Phi) is 1.88. The van der Waals surface area contributed by atoms with Gasteiger partial charge in [0, 0.05) is 18.0 Å². The molecule has 1 aromatic carbocycles. The zero-order valence-corrected chi connectivity index (χ0v) is 9.78. The highest BCUT2D eigenvalue weighted by Gasteiger charge is 2.26. The molecule has 0 aliphatic carbocycles. The van der Waals surface area contributed by atoms with Crippen LogP contribution < -0.4 is 4.90 Å². The fraction of sp³-hybridized carbons (Fsp3) is 0.0667. The first kappa shape index (κ1) is 9.59. The normalized spacial score (nSPS) is 19.3. The fourth-order valence-electron chi connectivity index (χ4n) is 2.39. The number of allylic oxidation sites excluding steroid dienone is 3. The molecule has 3 aliphatic rings. The van der Waals surface area contributed by atoms with E-state index in [0.717, 1.165) is 11.6 Å². The lowest BCUT2D eigenvalue weighted by atomic mass is 10.1. The van der Waals surface area contributed by atoms with Gasteiger partial charge < -0.3 is 9.64 Å². The number of ether oxygens (including phenoxy) is 1. The molecule has 0 bridgehead atoms. The lowest BCUT2D eigenvalue weighted by Crippen LogP contribution is -2.31. The molecule has 0 N–H and O–H groups in total. The average molecular weight is 236 g/mol. The second-order valence-corrected chi connectivity index (χ2v) is 4.42. The van der Waals surface area contributed by atoms with Crippen LogP contribution in [0.1, 0.15) is 5.56 Å². The standard InChI is InChI=1S/C15H12N2O/c1-2-7-14-12(5-1)11-18-15-10-16-8-4-3-6-13(16)9-17(14)15/h1-10H,11H2. The lowest BCUT2D eigenvalue weighted by Gasteiger charge is -2.36. The van der Waals surface area contributed by atoms with Gasteiger partial charge in [0.25, 0.3) is 0 Å². The number of para-hydroxylation sites is 1. The highest BCUT2D eigenvalue weighted by molar-refractivity contribution is 5.63. The van der Waals surface area contributed by atoms with Gasteiger partial charge in [0.15, 0.2) is 0 Å². The molecule has 4 rings (SSSR count). The maximum atomic E-state index is 5.80. The first-order valence-electron chi connectivity index (χ1n) is 5.99. The van der Waals surface area contributed by atoms with E-state index in [-0.39, 0.29) is 0 Å². The third kappa shape index (κ3) is 1.31. The van der Waals surface area contributed by atoms with Gasteiger partial charge in [-0.2, -0.15) is 0 Å². The molecular formula is C15H12N2O. The van der Waals surface area contributed by atoms with Gasteiger partial charge in [-0.05, 0) is 18.2 Å². The Morgan fingerprint density at radius 2 is 2.00 bits per heavy atom. The maximum Gasteiger partial charge on any atom is 0.215 e. The Bertz CT molecular complexity index is 625. The van der Waals surface area contributed by atoms with Crippen LogP contribution in [0, 0.1) is 0 Å². The first-order chi connectivity index (χ1) is 8.92. The average Bonchev–Trinajstić information content (AvgIpc) is 2.45. The summed E-state index contributed by atoms with van der Waals surface area (Å²) in [6.45, 7) is 0.634. The summed E-state index contributed by atoms with van der Waals surface area (Å²) in [7, 11) is 0. The third-order valence-electron chi connectivity index (χ3n) is 3.30. The number of hydrogen-bond acceptors (Lipinski definition) is 3. The molecule has 0 amide bonds. The zero-order chi connectivity index (χ0) is 11.9. The number of rotatable bonds is 0. The lowest BCUT2D eigenvalue weighted by molar-refractivity contribution is 0.178. The Balaban J connectivity index is 1.84. The predicted octanol–water partition coefficient (Wildman–Crippen LogP) is 3.06. The summed E-state index contributed by atoms with van der Waals surface area (Å²) >= 11 is 0. The van der Waals surface area contributed by atoms with Crippen LogP contribution in [-0.2, 0) is 11.3 Å². The van der Waals surface area contributed by atoms with Crippen molar-refractivity contribution in [1.82, 2.24) is 4.90 Å². The smallest absolute Gasteiger partial charge is 0.215 e. The molecule has 3 aliphatic heterocycles. The highest BCUT2D eigenvalue weighted by Crippen LogP contribution is 2.35. The topological polar surface area (TPSA) is 15.7 Å². The molecule has 0 radical (unpaired) electrons. The SMILES string of the molecule is C1=CC2=CN3C(=CN2C=C1)OCc1ccccc13. The number of anilines is 1. The van der Waals surface area contributed by atoms with Crippen LogP contribution in [-0.4, -0.2) is 4.90 Å². The molecule has 0 aromatic heterocycles. The molecular weight excluding hydrogens is 224 g/mol. The van der Waals surface area contributed by atoms with Gasteiger partial charge in [-0.25, -0.2) is 0 Å². The van der Waals surface area contributed by atoms with E-state index in [4.69, 9.17) is 4.74 Å². The van der Waals surface area contributed by atoms with E-state index in [1.807, 2.05) is 30.6 Å². The Morgan fingerprint density at radius 3 is 3.00 bits per heavy atom. The van der Waals surface area contributed by atoms with Crippen molar-refractivity contribution in [2.24, 2.45) is 0 Å². The number of nitrogens with zero attached hydrogens (tertiary/aromatic N) is 2. The summed E-state index contributed by atoms with van der Waals surface area (Å²) in [5.74, 6) is 0.873. The highest BCUT2D eigenvalue weighted by atomic mass is 16.5. The summed E-state index contributed by atoms with van der Waals surface area (Å²) in [5.41, 5.74) is 3.56. The monoisotopic (exact) mass is 236 g/mol. The Labute approximate surface area is 106 Å². The van der Waals surface area contributed by atoms with Crippen molar-refractivity contribution in [3.8, 4) is 0 Å². The Hall–Kier alpha value is -2.42. The third-order valence-corrected chi connectivity index (χ3v) is 3.30. The molecule has 1 aromatic rings. The second kappa shape index (κ2) is 3.53. The molecule has 3 nitrogen and oxygen atoms in total. The van der Waals surface area contributed by atoms with Crippen molar-refractivity contribution in [3.63, 3.8) is 0 Å². The number of fused-ring (bicyclic) bond motifs is 4. The predicted molar refractivity (Wildman–Crippen MR) is 70.0 cm³/mol. The van der Waals surface area contributed by atoms with Gasteiger partial charge >= 0.3 is 0 Å². The van der Waals surface area contributed by atoms with Crippen LogP contribution in [0.15, 0.2) is 72.7 Å². The summed E-state index contributed by atoms with van der Waals surface area (Å²) in [6, 6.07) is 8.33. The van der Waals surface area contributed by atoms with Gasteiger partial charge in [0.1, 0.15) is 6.61 Å². The fourth-order valence-corrected chi connectivity index (χ4v) is 2.39. The zero-order valence-electron chi connectivity index (χ0n) is 9.78. The van der Waals surface area contributed by atoms with Crippen LogP contribution in [0.4, 0.5) is 5.69 Å². The van der Waals surface area contributed by atoms with E-state index in [2.05, 4.69) is 40.3 Å². The molecule has 3 heteroatoms. The summed E-state index contributed by atoms with van der Waals surface area (Å²) in [6.07, 6.45) is 12.3. The van der Waals surface area contributed by atoms with Crippen molar-refractivity contribution in [2.75, 3.05) is 4.90 Å². The van der Waals surface area contributed by atoms with Crippen LogP contribution in [0.25, 0.3) is 0 Å². The van der Waals surface area contributed by atoms with Crippen LogP contribution in [0.3, 0.4) is 0 Å². The van der Waals surface area contributed by atoms with Gasteiger partial charge in [0.2, 0.25) is 5.88 Å². The molecule has 88 valence electrons. The van der Waals surface area contributed by atoms with Crippen molar-refractivity contribution < 1.29 is 4.74 Å². The number of hydrogen-bond donors (Lipinski definition) is 0.